The van der Waals surface area contributed by atoms with Crippen molar-refractivity contribution in [2.24, 2.45) is 0 Å². The van der Waals surface area contributed by atoms with Crippen molar-refractivity contribution < 1.29 is 18.8 Å². The molecular weight excluding hydrogens is 394 g/mol. The van der Waals surface area contributed by atoms with Gasteiger partial charge < -0.3 is 18.9 Å². The molecule has 1 aromatic heterocycles. The first-order valence-corrected chi connectivity index (χ1v) is 9.71. The predicted octanol–water partition coefficient (Wildman–Crippen LogP) is 4.43. The molecule has 8 heteroatoms. The minimum absolute atomic E-state index is 0.00365. The van der Waals surface area contributed by atoms with Gasteiger partial charge in [0.1, 0.15) is 12.4 Å². The Labute approximate surface area is 173 Å². The van der Waals surface area contributed by atoms with Crippen molar-refractivity contribution in [3.63, 3.8) is 0 Å². The summed E-state index contributed by atoms with van der Waals surface area (Å²) in [7, 11) is 0. The van der Waals surface area contributed by atoms with Crippen LogP contribution in [0.3, 0.4) is 0 Å². The lowest BCUT2D eigenvalue weighted by molar-refractivity contribution is 0.103. The standard InChI is InChI=1S/C21H20ClN3O4/c22-17-6-8-18(9-7-17)27-14-19-23-20(29-24-19)16-10-11-25(12-16)21(26)28-13-15-4-2-1-3-5-15/h1-9,16H,10-14H2. The molecule has 0 N–H and O–H groups in total. The molecule has 1 aliphatic rings. The molecule has 1 amide bonds. The second kappa shape index (κ2) is 8.96. The minimum atomic E-state index is -0.331. The van der Waals surface area contributed by atoms with Crippen LogP contribution in [0.15, 0.2) is 59.1 Å². The molecule has 7 nitrogen and oxygen atoms in total. The van der Waals surface area contributed by atoms with E-state index in [0.29, 0.717) is 35.6 Å². The first kappa shape index (κ1) is 19.3. The number of benzene rings is 2. The van der Waals surface area contributed by atoms with Crippen molar-refractivity contribution in [1.29, 1.82) is 0 Å². The second-order valence-electron chi connectivity index (χ2n) is 6.76. The third-order valence-corrected chi connectivity index (χ3v) is 4.92. The van der Waals surface area contributed by atoms with Crippen molar-refractivity contribution in [3.05, 3.63) is 76.9 Å². The lowest BCUT2D eigenvalue weighted by Gasteiger charge is -2.15. The van der Waals surface area contributed by atoms with Gasteiger partial charge in [0.2, 0.25) is 11.7 Å². The fourth-order valence-corrected chi connectivity index (χ4v) is 3.23. The summed E-state index contributed by atoms with van der Waals surface area (Å²) in [5.41, 5.74) is 0.957. The van der Waals surface area contributed by atoms with E-state index in [1.807, 2.05) is 30.3 Å². The van der Waals surface area contributed by atoms with Gasteiger partial charge >= 0.3 is 6.09 Å². The lowest BCUT2D eigenvalue weighted by Crippen LogP contribution is -2.29. The van der Waals surface area contributed by atoms with Gasteiger partial charge in [-0.05, 0) is 36.2 Å². The zero-order chi connectivity index (χ0) is 20.1. The van der Waals surface area contributed by atoms with Crippen LogP contribution < -0.4 is 4.74 Å². The number of rotatable bonds is 6. The number of hydrogen-bond donors (Lipinski definition) is 0. The van der Waals surface area contributed by atoms with E-state index < -0.39 is 0 Å². The van der Waals surface area contributed by atoms with E-state index in [0.717, 1.165) is 12.0 Å². The van der Waals surface area contributed by atoms with Crippen molar-refractivity contribution in [2.45, 2.75) is 25.6 Å². The average molecular weight is 414 g/mol. The Hall–Kier alpha value is -3.06. The highest BCUT2D eigenvalue weighted by atomic mass is 35.5. The molecule has 0 spiro atoms. The van der Waals surface area contributed by atoms with Crippen LogP contribution in [0.2, 0.25) is 5.02 Å². The summed E-state index contributed by atoms with van der Waals surface area (Å²) in [6.45, 7) is 1.54. The molecular formula is C21H20ClN3O4. The summed E-state index contributed by atoms with van der Waals surface area (Å²) in [4.78, 5) is 18.4. The highest BCUT2D eigenvalue weighted by molar-refractivity contribution is 6.30. The third kappa shape index (κ3) is 5.06. The van der Waals surface area contributed by atoms with Crippen molar-refractivity contribution >= 4 is 17.7 Å². The molecule has 1 atom stereocenters. The number of carbonyl (C=O) groups is 1. The molecule has 2 heterocycles. The SMILES string of the molecule is O=C(OCc1ccccc1)N1CCC(c2nc(COc3ccc(Cl)cc3)no2)C1. The fourth-order valence-electron chi connectivity index (χ4n) is 3.11. The van der Waals surface area contributed by atoms with Gasteiger partial charge in [-0.1, -0.05) is 47.1 Å². The molecule has 0 saturated carbocycles. The molecule has 1 aliphatic heterocycles. The van der Waals surface area contributed by atoms with E-state index in [2.05, 4.69) is 10.1 Å². The molecule has 1 saturated heterocycles. The molecule has 0 aliphatic carbocycles. The molecule has 4 rings (SSSR count). The molecule has 0 bridgehead atoms. The number of halogens is 1. The minimum Gasteiger partial charge on any atom is -0.485 e. The first-order chi connectivity index (χ1) is 14.2. The summed E-state index contributed by atoms with van der Waals surface area (Å²) >= 11 is 5.86. The number of likely N-dealkylation sites (tertiary alicyclic amines) is 1. The Morgan fingerprint density at radius 3 is 2.72 bits per heavy atom. The summed E-state index contributed by atoms with van der Waals surface area (Å²) in [6, 6.07) is 16.7. The van der Waals surface area contributed by atoms with Gasteiger partial charge in [0.05, 0.1) is 5.92 Å². The van der Waals surface area contributed by atoms with Gasteiger partial charge in [0, 0.05) is 18.1 Å². The smallest absolute Gasteiger partial charge is 0.410 e. The summed E-state index contributed by atoms with van der Waals surface area (Å²) in [5.74, 6) is 1.64. The largest absolute Gasteiger partial charge is 0.485 e. The van der Waals surface area contributed by atoms with E-state index in [1.165, 1.54) is 0 Å². The number of aromatic nitrogens is 2. The van der Waals surface area contributed by atoms with Crippen LogP contribution in [-0.4, -0.2) is 34.2 Å². The predicted molar refractivity (Wildman–Crippen MR) is 106 cm³/mol. The molecule has 1 unspecified atom stereocenters. The highest BCUT2D eigenvalue weighted by Crippen LogP contribution is 2.27. The molecule has 1 fully saturated rings. The number of carbonyl (C=O) groups excluding carboxylic acids is 1. The summed E-state index contributed by atoms with van der Waals surface area (Å²) in [5, 5.41) is 4.61. The number of amides is 1. The zero-order valence-electron chi connectivity index (χ0n) is 15.7. The topological polar surface area (TPSA) is 77.7 Å². The maximum absolute atomic E-state index is 12.3. The van der Waals surface area contributed by atoms with Crippen LogP contribution in [0.4, 0.5) is 4.79 Å². The highest BCUT2D eigenvalue weighted by Gasteiger charge is 2.32. The van der Waals surface area contributed by atoms with E-state index in [-0.39, 0.29) is 25.2 Å². The van der Waals surface area contributed by atoms with Crippen LogP contribution in [0, 0.1) is 0 Å². The van der Waals surface area contributed by atoms with Crippen molar-refractivity contribution in [3.8, 4) is 5.75 Å². The van der Waals surface area contributed by atoms with Gasteiger partial charge in [-0.2, -0.15) is 4.98 Å². The van der Waals surface area contributed by atoms with Crippen LogP contribution in [0.1, 0.15) is 29.6 Å². The number of ether oxygens (including phenoxy) is 2. The Morgan fingerprint density at radius 2 is 1.93 bits per heavy atom. The maximum atomic E-state index is 12.3. The summed E-state index contributed by atoms with van der Waals surface area (Å²) in [6.07, 6.45) is 0.419. The maximum Gasteiger partial charge on any atom is 0.410 e. The molecule has 150 valence electrons. The first-order valence-electron chi connectivity index (χ1n) is 9.34. The second-order valence-corrected chi connectivity index (χ2v) is 7.20. The van der Waals surface area contributed by atoms with Crippen LogP contribution >= 0.6 is 11.6 Å². The Morgan fingerprint density at radius 1 is 1.14 bits per heavy atom. The van der Waals surface area contributed by atoms with Crippen molar-refractivity contribution in [2.75, 3.05) is 13.1 Å². The quantitative estimate of drug-likeness (QED) is 0.595. The number of hydrogen-bond acceptors (Lipinski definition) is 6. The van der Waals surface area contributed by atoms with Crippen LogP contribution in [-0.2, 0) is 18.0 Å². The van der Waals surface area contributed by atoms with Crippen LogP contribution in [0.25, 0.3) is 0 Å². The summed E-state index contributed by atoms with van der Waals surface area (Å²) < 4.78 is 16.4. The van der Waals surface area contributed by atoms with Gasteiger partial charge in [-0.3, -0.25) is 0 Å². The van der Waals surface area contributed by atoms with E-state index in [9.17, 15) is 4.79 Å². The third-order valence-electron chi connectivity index (χ3n) is 4.67. The van der Waals surface area contributed by atoms with Crippen molar-refractivity contribution in [1.82, 2.24) is 15.0 Å². The Kier molecular flexibility index (Phi) is 5.95. The molecule has 0 radical (unpaired) electrons. The van der Waals surface area contributed by atoms with Crippen LogP contribution in [0.5, 0.6) is 5.75 Å². The van der Waals surface area contributed by atoms with E-state index in [4.69, 9.17) is 25.6 Å². The van der Waals surface area contributed by atoms with Gasteiger partial charge in [0.25, 0.3) is 0 Å². The molecule has 3 aromatic rings. The van der Waals surface area contributed by atoms with E-state index in [1.54, 1.807) is 29.2 Å². The normalized spacial score (nSPS) is 16.0. The van der Waals surface area contributed by atoms with E-state index >= 15 is 0 Å². The number of nitrogens with zero attached hydrogens (tertiary/aromatic N) is 3. The monoisotopic (exact) mass is 413 g/mol. The Bertz CT molecular complexity index is 946. The Balaban J connectivity index is 1.26. The van der Waals surface area contributed by atoms with Gasteiger partial charge in [0.15, 0.2) is 6.61 Å². The molecule has 2 aromatic carbocycles. The average Bonchev–Trinajstić information content (AvgIpc) is 3.42. The fraction of sp³-hybridized carbons (Fsp3) is 0.286. The van der Waals surface area contributed by atoms with Gasteiger partial charge in [-0.15, -0.1) is 0 Å². The van der Waals surface area contributed by atoms with Gasteiger partial charge in [-0.25, -0.2) is 4.79 Å². The molecule has 29 heavy (non-hydrogen) atoms. The zero-order valence-corrected chi connectivity index (χ0v) is 16.4. The lowest BCUT2D eigenvalue weighted by atomic mass is 10.1.